The van der Waals surface area contributed by atoms with Crippen molar-refractivity contribution in [3.63, 3.8) is 0 Å². The molecule has 28 heavy (non-hydrogen) atoms. The normalized spacial score (nSPS) is 15.9. The Kier molecular flexibility index (Phi) is 8.54. The molecule has 0 heterocycles. The van der Waals surface area contributed by atoms with Gasteiger partial charge in [0.2, 0.25) is 0 Å². The second-order valence-electron chi connectivity index (χ2n) is 9.16. The zero-order valence-electron chi connectivity index (χ0n) is 19.4. The van der Waals surface area contributed by atoms with Gasteiger partial charge in [0, 0.05) is 11.0 Å². The van der Waals surface area contributed by atoms with E-state index in [4.69, 9.17) is 0 Å². The van der Waals surface area contributed by atoms with E-state index in [2.05, 4.69) is 92.9 Å². The lowest BCUT2D eigenvalue weighted by molar-refractivity contribution is 0.387. The molecule has 0 atom stereocenters. The van der Waals surface area contributed by atoms with Crippen molar-refractivity contribution in [2.75, 3.05) is 0 Å². The third kappa shape index (κ3) is 5.99. The molecule has 0 saturated heterocycles. The SMILES string of the molecule is C=C(C1=C(O)C(CC=C(C)C)=CC(CC=C(C)C)(CC=C(C)C)C1=C)C(C)C. The van der Waals surface area contributed by atoms with Crippen LogP contribution in [0.25, 0.3) is 0 Å². The molecule has 1 nitrogen and oxygen atoms in total. The first-order chi connectivity index (χ1) is 12.9. The Labute approximate surface area is 173 Å². The molecule has 0 aromatic heterocycles. The Morgan fingerprint density at radius 2 is 1.43 bits per heavy atom. The molecule has 1 aliphatic carbocycles. The molecule has 0 radical (unpaired) electrons. The van der Waals surface area contributed by atoms with Gasteiger partial charge in [-0.25, -0.2) is 0 Å². The van der Waals surface area contributed by atoms with Gasteiger partial charge < -0.3 is 5.11 Å². The van der Waals surface area contributed by atoms with Crippen molar-refractivity contribution >= 4 is 0 Å². The molecule has 0 amide bonds. The number of allylic oxidation sites excluding steroid dienone is 11. The molecule has 0 aromatic rings. The minimum absolute atomic E-state index is 0.237. The van der Waals surface area contributed by atoms with Crippen molar-refractivity contribution in [3.05, 3.63) is 82.2 Å². The molecule has 1 aliphatic rings. The largest absolute Gasteiger partial charge is 0.507 e. The van der Waals surface area contributed by atoms with Crippen LogP contribution in [0.2, 0.25) is 0 Å². The molecule has 0 fully saturated rings. The van der Waals surface area contributed by atoms with Crippen LogP contribution in [0.4, 0.5) is 0 Å². The van der Waals surface area contributed by atoms with Crippen molar-refractivity contribution < 1.29 is 5.11 Å². The van der Waals surface area contributed by atoms with Gasteiger partial charge in [-0.05, 0) is 83.4 Å². The van der Waals surface area contributed by atoms with E-state index in [0.717, 1.165) is 41.6 Å². The number of aliphatic hydroxyl groups excluding tert-OH is 1. The lowest BCUT2D eigenvalue weighted by Crippen LogP contribution is -2.27. The highest BCUT2D eigenvalue weighted by atomic mass is 16.3. The van der Waals surface area contributed by atoms with E-state index in [1.165, 1.54) is 16.7 Å². The van der Waals surface area contributed by atoms with Gasteiger partial charge in [-0.2, -0.15) is 0 Å². The van der Waals surface area contributed by atoms with Crippen LogP contribution in [-0.2, 0) is 0 Å². The molecule has 0 aliphatic heterocycles. The van der Waals surface area contributed by atoms with Crippen LogP contribution in [-0.4, -0.2) is 5.11 Å². The van der Waals surface area contributed by atoms with Gasteiger partial charge in [-0.3, -0.25) is 0 Å². The first-order valence-corrected chi connectivity index (χ1v) is 10.4. The van der Waals surface area contributed by atoms with Gasteiger partial charge in [0.05, 0.1) is 0 Å². The summed E-state index contributed by atoms with van der Waals surface area (Å²) in [5.74, 6) is 0.604. The van der Waals surface area contributed by atoms with Gasteiger partial charge in [0.15, 0.2) is 0 Å². The van der Waals surface area contributed by atoms with Crippen molar-refractivity contribution in [2.45, 2.75) is 74.7 Å². The van der Waals surface area contributed by atoms with E-state index in [9.17, 15) is 5.11 Å². The lowest BCUT2D eigenvalue weighted by atomic mass is 9.65. The third-order valence-electron chi connectivity index (χ3n) is 5.39. The maximum Gasteiger partial charge on any atom is 0.126 e. The van der Waals surface area contributed by atoms with Crippen LogP contribution in [0.15, 0.2) is 82.2 Å². The molecular weight excluding hydrogens is 340 g/mol. The molecule has 1 rings (SSSR count). The number of hydrogen-bond donors (Lipinski definition) is 1. The minimum Gasteiger partial charge on any atom is -0.507 e. The molecule has 0 aromatic carbocycles. The average Bonchev–Trinajstić information content (AvgIpc) is 2.59. The predicted molar refractivity (Wildman–Crippen MR) is 125 cm³/mol. The maximum atomic E-state index is 11.1. The fourth-order valence-corrected chi connectivity index (χ4v) is 3.37. The fourth-order valence-electron chi connectivity index (χ4n) is 3.37. The van der Waals surface area contributed by atoms with Crippen molar-refractivity contribution in [1.29, 1.82) is 0 Å². The van der Waals surface area contributed by atoms with Crippen molar-refractivity contribution in [2.24, 2.45) is 11.3 Å². The molecule has 0 spiro atoms. The van der Waals surface area contributed by atoms with E-state index < -0.39 is 0 Å². The highest BCUT2D eigenvalue weighted by Crippen LogP contribution is 2.50. The first kappa shape index (κ1) is 24.0. The summed E-state index contributed by atoms with van der Waals surface area (Å²) in [7, 11) is 0. The van der Waals surface area contributed by atoms with Crippen LogP contribution in [0.5, 0.6) is 0 Å². The standard InChI is InChI=1S/C27H40O/c1-18(2)11-12-24-17-27(15-13-19(3)4,16-14-20(5)6)23(10)25(26(24)28)22(9)21(7)8/h11,13-14,17,21,28H,9-10,12,15-16H2,1-8H3. The van der Waals surface area contributed by atoms with Gasteiger partial charge >= 0.3 is 0 Å². The Morgan fingerprint density at radius 1 is 0.964 bits per heavy atom. The Bertz CT molecular complexity index is 743. The van der Waals surface area contributed by atoms with Crippen LogP contribution in [0, 0.1) is 11.3 Å². The number of rotatable bonds is 8. The second kappa shape index (κ2) is 9.96. The summed E-state index contributed by atoms with van der Waals surface area (Å²) < 4.78 is 0. The van der Waals surface area contributed by atoms with E-state index in [1.807, 2.05) is 0 Å². The summed E-state index contributed by atoms with van der Waals surface area (Å²) in [6, 6.07) is 0. The monoisotopic (exact) mass is 380 g/mol. The van der Waals surface area contributed by atoms with E-state index in [-0.39, 0.29) is 11.3 Å². The summed E-state index contributed by atoms with van der Waals surface area (Å²) in [6.45, 7) is 25.8. The summed E-state index contributed by atoms with van der Waals surface area (Å²) in [5.41, 5.74) is 7.40. The lowest BCUT2D eigenvalue weighted by Gasteiger charge is -2.39. The van der Waals surface area contributed by atoms with Gasteiger partial charge in [-0.1, -0.05) is 68.0 Å². The number of hydrogen-bond acceptors (Lipinski definition) is 1. The molecule has 0 unspecified atom stereocenters. The summed E-state index contributed by atoms with van der Waals surface area (Å²) in [5, 5.41) is 11.1. The van der Waals surface area contributed by atoms with E-state index >= 15 is 0 Å². The molecule has 1 N–H and O–H groups in total. The predicted octanol–water partition coefficient (Wildman–Crippen LogP) is 8.56. The fraction of sp³-hybridized carbons (Fsp3) is 0.481. The van der Waals surface area contributed by atoms with Crippen LogP contribution in [0.1, 0.15) is 74.7 Å². The third-order valence-corrected chi connectivity index (χ3v) is 5.39. The second-order valence-corrected chi connectivity index (χ2v) is 9.16. The highest BCUT2D eigenvalue weighted by molar-refractivity contribution is 5.60. The number of aliphatic hydroxyl groups is 1. The van der Waals surface area contributed by atoms with E-state index in [0.29, 0.717) is 5.76 Å². The molecule has 154 valence electrons. The zero-order valence-corrected chi connectivity index (χ0v) is 19.4. The van der Waals surface area contributed by atoms with Gasteiger partial charge in [0.25, 0.3) is 0 Å². The summed E-state index contributed by atoms with van der Waals surface area (Å²) >= 11 is 0. The summed E-state index contributed by atoms with van der Waals surface area (Å²) in [6.07, 6.45) is 11.5. The quantitative estimate of drug-likeness (QED) is 0.418. The highest BCUT2D eigenvalue weighted by Gasteiger charge is 2.38. The van der Waals surface area contributed by atoms with Gasteiger partial charge in [-0.15, -0.1) is 0 Å². The van der Waals surface area contributed by atoms with Crippen LogP contribution >= 0.6 is 0 Å². The van der Waals surface area contributed by atoms with Crippen LogP contribution in [0.3, 0.4) is 0 Å². The minimum atomic E-state index is -0.237. The average molecular weight is 381 g/mol. The zero-order chi connectivity index (χ0) is 21.6. The summed E-state index contributed by atoms with van der Waals surface area (Å²) in [4.78, 5) is 0. The molecule has 1 heteroatoms. The van der Waals surface area contributed by atoms with Crippen LogP contribution < -0.4 is 0 Å². The van der Waals surface area contributed by atoms with Gasteiger partial charge in [0.1, 0.15) is 5.76 Å². The Morgan fingerprint density at radius 3 is 1.82 bits per heavy atom. The smallest absolute Gasteiger partial charge is 0.126 e. The Hall–Kier alpha value is -2.02. The van der Waals surface area contributed by atoms with Crippen molar-refractivity contribution in [1.82, 2.24) is 0 Å². The van der Waals surface area contributed by atoms with E-state index in [1.54, 1.807) is 0 Å². The Balaban J connectivity index is 3.69. The first-order valence-electron chi connectivity index (χ1n) is 10.4. The van der Waals surface area contributed by atoms with Crippen molar-refractivity contribution in [3.8, 4) is 0 Å². The molecular formula is C27H40O. The topological polar surface area (TPSA) is 20.2 Å². The molecule has 0 bridgehead atoms. The maximum absolute atomic E-state index is 11.1. The molecule has 0 saturated carbocycles.